The standard InChI is InChI=1S/C25H23N5/c1-17-9-8-12-20(15-17)23-25-27-24(26-16-18(2)19-10-4-3-5-11-19)21-13-6-7-14-22(21)30(25)29-28-23/h3-15,18H,16H2,1-2H3,(H,26,27)/t18-/m1/s1. The van der Waals surface area contributed by atoms with E-state index in [1.807, 2.05) is 28.8 Å². The first-order valence-electron chi connectivity index (χ1n) is 10.2. The van der Waals surface area contributed by atoms with Gasteiger partial charge in [0.15, 0.2) is 5.65 Å². The maximum absolute atomic E-state index is 4.96. The Hall–Kier alpha value is -3.73. The summed E-state index contributed by atoms with van der Waals surface area (Å²) in [5.41, 5.74) is 6.06. The summed E-state index contributed by atoms with van der Waals surface area (Å²) in [7, 11) is 0. The van der Waals surface area contributed by atoms with E-state index in [0.717, 1.165) is 40.2 Å². The molecule has 5 aromatic rings. The molecular weight excluding hydrogens is 370 g/mol. The SMILES string of the molecule is Cc1cccc(-c2nnn3c2nc(NC[C@@H](C)c2ccccc2)c2ccccc23)c1. The van der Waals surface area contributed by atoms with Gasteiger partial charge in [-0.15, -0.1) is 5.10 Å². The quantitative estimate of drug-likeness (QED) is 0.430. The molecule has 1 N–H and O–H groups in total. The molecule has 0 fully saturated rings. The number of aromatic nitrogens is 4. The molecule has 2 heterocycles. The van der Waals surface area contributed by atoms with Gasteiger partial charge in [-0.3, -0.25) is 0 Å². The third-order valence-electron chi connectivity index (χ3n) is 5.49. The van der Waals surface area contributed by atoms with Crippen molar-refractivity contribution in [1.29, 1.82) is 0 Å². The van der Waals surface area contributed by atoms with Crippen LogP contribution >= 0.6 is 0 Å². The van der Waals surface area contributed by atoms with E-state index in [0.29, 0.717) is 5.92 Å². The zero-order chi connectivity index (χ0) is 20.5. The van der Waals surface area contributed by atoms with Gasteiger partial charge in [-0.25, -0.2) is 4.98 Å². The minimum atomic E-state index is 0.363. The topological polar surface area (TPSA) is 55.1 Å². The first-order valence-corrected chi connectivity index (χ1v) is 10.2. The van der Waals surface area contributed by atoms with Crippen molar-refractivity contribution in [2.24, 2.45) is 0 Å². The lowest BCUT2D eigenvalue weighted by molar-refractivity contribution is 0.802. The molecule has 0 unspecified atom stereocenters. The molecule has 30 heavy (non-hydrogen) atoms. The Kier molecular flexibility index (Phi) is 4.64. The zero-order valence-corrected chi connectivity index (χ0v) is 17.1. The van der Waals surface area contributed by atoms with Gasteiger partial charge >= 0.3 is 0 Å². The van der Waals surface area contributed by atoms with Crippen LogP contribution < -0.4 is 5.32 Å². The van der Waals surface area contributed by atoms with E-state index in [1.54, 1.807) is 0 Å². The zero-order valence-electron chi connectivity index (χ0n) is 17.1. The highest BCUT2D eigenvalue weighted by atomic mass is 15.4. The van der Waals surface area contributed by atoms with Crippen molar-refractivity contribution in [2.75, 3.05) is 11.9 Å². The second-order valence-corrected chi connectivity index (χ2v) is 7.71. The van der Waals surface area contributed by atoms with Crippen LogP contribution in [-0.2, 0) is 0 Å². The molecule has 0 aliphatic heterocycles. The summed E-state index contributed by atoms with van der Waals surface area (Å²) in [6, 6.07) is 27.0. The number of anilines is 1. The third-order valence-corrected chi connectivity index (χ3v) is 5.49. The average Bonchev–Trinajstić information content (AvgIpc) is 3.22. The molecule has 0 saturated heterocycles. The van der Waals surface area contributed by atoms with Crippen molar-refractivity contribution in [2.45, 2.75) is 19.8 Å². The van der Waals surface area contributed by atoms with Crippen LogP contribution in [0.15, 0.2) is 78.9 Å². The average molecular weight is 393 g/mol. The lowest BCUT2D eigenvalue weighted by atomic mass is 10.0. The maximum Gasteiger partial charge on any atom is 0.186 e. The van der Waals surface area contributed by atoms with Crippen LogP contribution in [0.2, 0.25) is 0 Å². The smallest absolute Gasteiger partial charge is 0.186 e. The van der Waals surface area contributed by atoms with Crippen molar-refractivity contribution in [3.05, 3.63) is 90.0 Å². The predicted molar refractivity (Wildman–Crippen MR) is 122 cm³/mol. The second-order valence-electron chi connectivity index (χ2n) is 7.71. The Labute approximate surface area is 175 Å². The molecule has 0 saturated carbocycles. The van der Waals surface area contributed by atoms with Crippen molar-refractivity contribution >= 4 is 22.4 Å². The molecule has 0 radical (unpaired) electrons. The van der Waals surface area contributed by atoms with E-state index < -0.39 is 0 Å². The van der Waals surface area contributed by atoms with Crippen molar-refractivity contribution < 1.29 is 0 Å². The number of aryl methyl sites for hydroxylation is 1. The van der Waals surface area contributed by atoms with Crippen LogP contribution in [0.5, 0.6) is 0 Å². The van der Waals surface area contributed by atoms with Gasteiger partial charge < -0.3 is 5.32 Å². The Morgan fingerprint density at radius 3 is 2.57 bits per heavy atom. The van der Waals surface area contributed by atoms with Crippen LogP contribution in [-0.4, -0.2) is 26.4 Å². The van der Waals surface area contributed by atoms with Gasteiger partial charge in [-0.1, -0.05) is 78.4 Å². The van der Waals surface area contributed by atoms with E-state index in [2.05, 4.69) is 84.1 Å². The van der Waals surface area contributed by atoms with E-state index in [-0.39, 0.29) is 0 Å². The molecule has 148 valence electrons. The van der Waals surface area contributed by atoms with Gasteiger partial charge in [0.2, 0.25) is 0 Å². The number of hydrogen-bond acceptors (Lipinski definition) is 4. The maximum atomic E-state index is 4.96. The summed E-state index contributed by atoms with van der Waals surface area (Å²) in [6.07, 6.45) is 0. The minimum absolute atomic E-state index is 0.363. The molecule has 5 heteroatoms. The lowest BCUT2D eigenvalue weighted by Gasteiger charge is -2.15. The fourth-order valence-corrected chi connectivity index (χ4v) is 3.83. The van der Waals surface area contributed by atoms with Gasteiger partial charge in [0.05, 0.1) is 5.52 Å². The van der Waals surface area contributed by atoms with Crippen LogP contribution in [0.1, 0.15) is 24.0 Å². The van der Waals surface area contributed by atoms with Crippen molar-refractivity contribution in [3.63, 3.8) is 0 Å². The second kappa shape index (κ2) is 7.59. The van der Waals surface area contributed by atoms with Crippen LogP contribution in [0.25, 0.3) is 27.8 Å². The Morgan fingerprint density at radius 1 is 0.933 bits per heavy atom. The summed E-state index contributed by atoms with van der Waals surface area (Å²) in [5.74, 6) is 1.22. The summed E-state index contributed by atoms with van der Waals surface area (Å²) in [6.45, 7) is 5.09. The number of para-hydroxylation sites is 1. The van der Waals surface area contributed by atoms with Gasteiger partial charge in [0.1, 0.15) is 11.5 Å². The number of rotatable bonds is 5. The van der Waals surface area contributed by atoms with Crippen molar-refractivity contribution in [3.8, 4) is 11.3 Å². The van der Waals surface area contributed by atoms with E-state index in [1.165, 1.54) is 11.1 Å². The van der Waals surface area contributed by atoms with Gasteiger partial charge in [0, 0.05) is 17.5 Å². The number of nitrogens with zero attached hydrogens (tertiary/aromatic N) is 4. The van der Waals surface area contributed by atoms with E-state index in [9.17, 15) is 0 Å². The van der Waals surface area contributed by atoms with Crippen LogP contribution in [0.4, 0.5) is 5.82 Å². The molecule has 0 bridgehead atoms. The number of hydrogen-bond donors (Lipinski definition) is 1. The van der Waals surface area contributed by atoms with Gasteiger partial charge in [-0.2, -0.15) is 4.52 Å². The molecule has 0 spiro atoms. The fraction of sp³-hybridized carbons (Fsp3) is 0.160. The summed E-state index contributed by atoms with van der Waals surface area (Å²) >= 11 is 0. The highest BCUT2D eigenvalue weighted by Gasteiger charge is 2.16. The molecule has 0 aliphatic rings. The Balaban J connectivity index is 1.59. The number of benzene rings is 3. The summed E-state index contributed by atoms with van der Waals surface area (Å²) < 4.78 is 1.83. The highest BCUT2D eigenvalue weighted by molar-refractivity contribution is 5.93. The fourth-order valence-electron chi connectivity index (χ4n) is 3.83. The minimum Gasteiger partial charge on any atom is -0.369 e. The third kappa shape index (κ3) is 3.28. The molecule has 5 rings (SSSR count). The van der Waals surface area contributed by atoms with Crippen molar-refractivity contribution in [1.82, 2.24) is 19.8 Å². The van der Waals surface area contributed by atoms with Gasteiger partial charge in [0.25, 0.3) is 0 Å². The number of fused-ring (bicyclic) bond motifs is 3. The first-order chi connectivity index (χ1) is 14.7. The van der Waals surface area contributed by atoms with E-state index in [4.69, 9.17) is 4.98 Å². The van der Waals surface area contributed by atoms with E-state index >= 15 is 0 Å². The highest BCUT2D eigenvalue weighted by Crippen LogP contribution is 2.28. The van der Waals surface area contributed by atoms with Crippen LogP contribution in [0, 0.1) is 6.92 Å². The molecule has 2 aromatic heterocycles. The molecule has 1 atom stereocenters. The molecule has 3 aromatic carbocycles. The summed E-state index contributed by atoms with van der Waals surface area (Å²) in [5, 5.41) is 13.5. The molecule has 5 nitrogen and oxygen atoms in total. The monoisotopic (exact) mass is 393 g/mol. The Bertz CT molecular complexity index is 1320. The first kappa shape index (κ1) is 18.3. The molecular formula is C25H23N5. The molecule has 0 amide bonds. The molecule has 0 aliphatic carbocycles. The number of nitrogens with one attached hydrogen (secondary N) is 1. The normalized spacial score (nSPS) is 12.3. The summed E-state index contributed by atoms with van der Waals surface area (Å²) in [4.78, 5) is 4.96. The largest absolute Gasteiger partial charge is 0.369 e. The Morgan fingerprint density at radius 2 is 1.73 bits per heavy atom. The van der Waals surface area contributed by atoms with Gasteiger partial charge in [-0.05, 0) is 36.6 Å². The lowest BCUT2D eigenvalue weighted by Crippen LogP contribution is -2.12. The predicted octanol–water partition coefficient (Wildman–Crippen LogP) is 5.47. The van der Waals surface area contributed by atoms with Crippen LogP contribution in [0.3, 0.4) is 0 Å².